The number of sulfonamides is 1. The molecule has 0 spiro atoms. The molecule has 0 aliphatic heterocycles. The van der Waals surface area contributed by atoms with E-state index in [-0.39, 0.29) is 23.7 Å². The number of alkyl halides is 5. The number of carbonyl (C=O) groups excluding carboxylic acids is 1. The van der Waals surface area contributed by atoms with Gasteiger partial charge in [-0.2, -0.15) is 22.0 Å². The quantitative estimate of drug-likeness (QED) is 0.256. The van der Waals surface area contributed by atoms with Gasteiger partial charge in [-0.3, -0.25) is 4.79 Å². The molecule has 1 atom stereocenters. The molecule has 0 aromatic heterocycles. The predicted octanol–water partition coefficient (Wildman–Crippen LogP) is 6.22. The van der Waals surface area contributed by atoms with Crippen LogP contribution in [0.3, 0.4) is 0 Å². The molecular formula is C23H25ClF5NO4S. The first-order chi connectivity index (χ1) is 16.2. The minimum absolute atomic E-state index is 0.132. The largest absolute Gasteiger partial charge is 0.469 e. The lowest BCUT2D eigenvalue weighted by Crippen LogP contribution is -2.36. The van der Waals surface area contributed by atoms with Crippen molar-refractivity contribution in [3.05, 3.63) is 64.7 Å². The molecule has 2 rings (SSSR count). The number of methoxy groups -OCH3 is 1. The molecule has 12 heteroatoms. The van der Waals surface area contributed by atoms with Crippen LogP contribution < -0.4 is 4.72 Å². The maximum Gasteiger partial charge on any atom is 0.453 e. The summed E-state index contributed by atoms with van der Waals surface area (Å²) < 4.78 is 96.9. The third-order valence-corrected chi connectivity index (χ3v) is 7.02. The maximum atomic E-state index is 13.4. The van der Waals surface area contributed by atoms with Crippen LogP contribution in [0.15, 0.2) is 53.4 Å². The molecule has 0 saturated heterocycles. The average molecular weight is 542 g/mol. The number of aryl methyl sites for hydroxylation is 1. The number of rotatable bonds is 12. The van der Waals surface area contributed by atoms with E-state index in [1.165, 1.54) is 31.4 Å². The zero-order valence-corrected chi connectivity index (χ0v) is 20.3. The molecule has 0 bridgehead atoms. The summed E-state index contributed by atoms with van der Waals surface area (Å²) in [5.74, 6) is -5.23. The number of hydrogen-bond acceptors (Lipinski definition) is 4. The number of ether oxygens (including phenoxy) is 1. The van der Waals surface area contributed by atoms with Gasteiger partial charge in [-0.25, -0.2) is 13.1 Å². The van der Waals surface area contributed by atoms with Crippen LogP contribution in [0, 0.1) is 0 Å². The van der Waals surface area contributed by atoms with E-state index in [0.29, 0.717) is 23.4 Å². The van der Waals surface area contributed by atoms with Crippen molar-refractivity contribution in [2.75, 3.05) is 7.11 Å². The molecule has 0 aliphatic carbocycles. The molecule has 2 aromatic rings. The van der Waals surface area contributed by atoms with Gasteiger partial charge in [-0.15, -0.1) is 0 Å². The standard InChI is InChI=1S/C23H25ClF5NO4S/c1-34-21(31)6-2-4-16-7-9-17(10-8-16)20(5-3-15-22(25,26)23(27,28)29)30-35(32,33)19-13-11-18(24)12-14-19/h7-14,20,30H,2-6,15H2,1H3. The summed E-state index contributed by atoms with van der Waals surface area (Å²) >= 11 is 5.78. The van der Waals surface area contributed by atoms with Gasteiger partial charge in [0.1, 0.15) is 0 Å². The highest BCUT2D eigenvalue weighted by molar-refractivity contribution is 7.89. The minimum Gasteiger partial charge on any atom is -0.469 e. The van der Waals surface area contributed by atoms with E-state index in [2.05, 4.69) is 9.46 Å². The second kappa shape index (κ2) is 12.1. The second-order valence-electron chi connectivity index (χ2n) is 7.89. The Bertz CT molecular complexity index is 1070. The Morgan fingerprint density at radius 1 is 1.00 bits per heavy atom. The van der Waals surface area contributed by atoms with Gasteiger partial charge < -0.3 is 4.74 Å². The van der Waals surface area contributed by atoms with Gasteiger partial charge in [0.15, 0.2) is 0 Å². The van der Waals surface area contributed by atoms with Crippen LogP contribution in [0.25, 0.3) is 0 Å². The molecule has 0 fully saturated rings. The summed E-state index contributed by atoms with van der Waals surface area (Å²) in [5.41, 5.74) is 1.23. The Morgan fingerprint density at radius 2 is 1.60 bits per heavy atom. The summed E-state index contributed by atoms with van der Waals surface area (Å²) in [5, 5.41) is 0.303. The molecule has 0 heterocycles. The lowest BCUT2D eigenvalue weighted by Gasteiger charge is -2.23. The highest BCUT2D eigenvalue weighted by Crippen LogP contribution is 2.40. The topological polar surface area (TPSA) is 72.5 Å². The fraction of sp³-hybridized carbons (Fsp3) is 0.435. The van der Waals surface area contributed by atoms with Gasteiger partial charge in [0.25, 0.3) is 0 Å². The highest BCUT2D eigenvalue weighted by atomic mass is 35.5. The fourth-order valence-corrected chi connectivity index (χ4v) is 4.67. The van der Waals surface area contributed by atoms with Gasteiger partial charge >= 0.3 is 18.1 Å². The maximum absolute atomic E-state index is 13.4. The van der Waals surface area contributed by atoms with Crippen LogP contribution >= 0.6 is 11.6 Å². The van der Waals surface area contributed by atoms with Crippen molar-refractivity contribution in [1.82, 2.24) is 4.72 Å². The van der Waals surface area contributed by atoms with E-state index >= 15 is 0 Å². The molecule has 0 aliphatic rings. The van der Waals surface area contributed by atoms with Gasteiger partial charge in [0, 0.05) is 23.9 Å². The van der Waals surface area contributed by atoms with E-state index in [0.717, 1.165) is 5.56 Å². The number of hydrogen-bond donors (Lipinski definition) is 1. The molecule has 1 N–H and O–H groups in total. The zero-order chi connectivity index (χ0) is 26.3. The number of halogens is 6. The van der Waals surface area contributed by atoms with Crippen LogP contribution in [0.1, 0.15) is 49.3 Å². The smallest absolute Gasteiger partial charge is 0.453 e. The van der Waals surface area contributed by atoms with Crippen molar-refractivity contribution in [2.45, 2.75) is 61.6 Å². The number of benzene rings is 2. The molecule has 0 saturated carbocycles. The molecule has 0 amide bonds. The van der Waals surface area contributed by atoms with Gasteiger partial charge in [-0.05, 0) is 61.1 Å². The molecule has 0 radical (unpaired) electrons. The number of carbonyl (C=O) groups is 1. The Kier molecular flexibility index (Phi) is 10.1. The summed E-state index contributed by atoms with van der Waals surface area (Å²) in [6, 6.07) is 10.7. The van der Waals surface area contributed by atoms with Crippen molar-refractivity contribution in [3.63, 3.8) is 0 Å². The first-order valence-corrected chi connectivity index (χ1v) is 12.5. The Hall–Kier alpha value is -2.24. The number of esters is 1. The van der Waals surface area contributed by atoms with Crippen LogP contribution in [-0.4, -0.2) is 33.6 Å². The minimum atomic E-state index is -5.68. The molecule has 2 aromatic carbocycles. The van der Waals surface area contributed by atoms with E-state index in [1.54, 1.807) is 24.3 Å². The lowest BCUT2D eigenvalue weighted by atomic mass is 9.98. The summed E-state index contributed by atoms with van der Waals surface area (Å²) in [7, 11) is -2.84. The van der Waals surface area contributed by atoms with E-state index in [1.807, 2.05) is 0 Å². The lowest BCUT2D eigenvalue weighted by molar-refractivity contribution is -0.284. The molecule has 194 valence electrons. The van der Waals surface area contributed by atoms with Crippen LogP contribution in [0.5, 0.6) is 0 Å². The monoisotopic (exact) mass is 541 g/mol. The second-order valence-corrected chi connectivity index (χ2v) is 10.0. The molecular weight excluding hydrogens is 517 g/mol. The summed E-state index contributed by atoms with van der Waals surface area (Å²) in [6.45, 7) is 0. The van der Waals surface area contributed by atoms with Gasteiger partial charge in [0.2, 0.25) is 10.0 Å². The van der Waals surface area contributed by atoms with Crippen LogP contribution in [0.2, 0.25) is 5.02 Å². The van der Waals surface area contributed by atoms with Crippen molar-refractivity contribution >= 4 is 27.6 Å². The normalized spacial score (nSPS) is 13.5. The molecule has 5 nitrogen and oxygen atoms in total. The highest BCUT2D eigenvalue weighted by Gasteiger charge is 2.56. The molecule has 1 unspecified atom stereocenters. The third-order valence-electron chi connectivity index (χ3n) is 5.28. The first kappa shape index (κ1) is 29.0. The fourth-order valence-electron chi connectivity index (χ4n) is 3.29. The van der Waals surface area contributed by atoms with Crippen molar-refractivity contribution in [2.24, 2.45) is 0 Å². The zero-order valence-electron chi connectivity index (χ0n) is 18.7. The first-order valence-electron chi connectivity index (χ1n) is 10.6. The summed E-state index contributed by atoms with van der Waals surface area (Å²) in [4.78, 5) is 11.1. The van der Waals surface area contributed by atoms with Gasteiger partial charge in [0.05, 0.1) is 12.0 Å². The summed E-state index contributed by atoms with van der Waals surface area (Å²) in [6.07, 6.45) is -6.76. The SMILES string of the molecule is COC(=O)CCCc1ccc(C(CCCC(F)(F)C(F)(F)F)NS(=O)(=O)c2ccc(Cl)cc2)cc1. The van der Waals surface area contributed by atoms with Gasteiger partial charge in [-0.1, -0.05) is 35.9 Å². The van der Waals surface area contributed by atoms with Crippen molar-refractivity contribution in [3.8, 4) is 0 Å². The van der Waals surface area contributed by atoms with E-state index in [4.69, 9.17) is 11.6 Å². The average Bonchev–Trinajstić information content (AvgIpc) is 2.78. The van der Waals surface area contributed by atoms with Crippen molar-refractivity contribution < 1.29 is 39.9 Å². The molecule has 35 heavy (non-hydrogen) atoms. The Balaban J connectivity index is 2.19. The number of nitrogens with one attached hydrogen (secondary N) is 1. The Labute approximate surface area is 205 Å². The Morgan fingerprint density at radius 3 is 2.14 bits per heavy atom. The van der Waals surface area contributed by atoms with E-state index in [9.17, 15) is 35.2 Å². The van der Waals surface area contributed by atoms with Crippen molar-refractivity contribution in [1.29, 1.82) is 0 Å². The predicted molar refractivity (Wildman–Crippen MR) is 121 cm³/mol. The van der Waals surface area contributed by atoms with Crippen LogP contribution in [-0.2, 0) is 26.0 Å². The third kappa shape index (κ3) is 8.73. The van der Waals surface area contributed by atoms with Crippen LogP contribution in [0.4, 0.5) is 22.0 Å². The van der Waals surface area contributed by atoms with E-state index < -0.39 is 41.0 Å².